The molecule has 1 rings (SSSR count). The van der Waals surface area contributed by atoms with Crippen molar-refractivity contribution in [3.63, 3.8) is 0 Å². The van der Waals surface area contributed by atoms with Gasteiger partial charge in [-0.2, -0.15) is 0 Å². The van der Waals surface area contributed by atoms with Gasteiger partial charge in [0, 0.05) is 6.54 Å². The molecule has 0 heterocycles. The van der Waals surface area contributed by atoms with Gasteiger partial charge in [-0.15, -0.1) is 0 Å². The fourth-order valence-corrected chi connectivity index (χ4v) is 1.26. The van der Waals surface area contributed by atoms with E-state index in [1.165, 1.54) is 6.07 Å². The molecule has 2 nitrogen and oxygen atoms in total. The van der Waals surface area contributed by atoms with Crippen LogP contribution in [0.1, 0.15) is 11.1 Å². The lowest BCUT2D eigenvalue weighted by atomic mass is 10.1. The second-order valence-electron chi connectivity index (χ2n) is 2.99. The van der Waals surface area contributed by atoms with Gasteiger partial charge in [-0.1, -0.05) is 28.1 Å². The second-order valence-corrected chi connectivity index (χ2v) is 3.55. The highest BCUT2D eigenvalue weighted by atomic mass is 79.9. The maximum Gasteiger partial charge on any atom is 0.230 e. The van der Waals surface area contributed by atoms with E-state index < -0.39 is 0 Å². The van der Waals surface area contributed by atoms with Crippen molar-refractivity contribution in [1.82, 2.24) is 5.32 Å². The molecule has 1 amide bonds. The molecule has 0 radical (unpaired) electrons. The van der Waals surface area contributed by atoms with Crippen LogP contribution in [0.4, 0.5) is 4.39 Å². The van der Waals surface area contributed by atoms with Gasteiger partial charge in [0.15, 0.2) is 0 Å². The number of aryl methyl sites for hydroxylation is 1. The van der Waals surface area contributed by atoms with E-state index in [0.717, 1.165) is 5.56 Å². The van der Waals surface area contributed by atoms with Gasteiger partial charge in [-0.3, -0.25) is 4.79 Å². The molecule has 0 spiro atoms. The molecule has 0 saturated carbocycles. The molecular formula is C10H11BrFNO. The van der Waals surface area contributed by atoms with Gasteiger partial charge in [-0.25, -0.2) is 4.39 Å². The molecule has 0 aliphatic rings. The number of hydrogen-bond donors (Lipinski definition) is 1. The Morgan fingerprint density at radius 1 is 1.57 bits per heavy atom. The van der Waals surface area contributed by atoms with Crippen molar-refractivity contribution >= 4 is 21.8 Å². The summed E-state index contributed by atoms with van der Waals surface area (Å²) in [7, 11) is 0. The number of nitrogens with one attached hydrogen (secondary N) is 1. The Kier molecular flexibility index (Phi) is 4.07. The third kappa shape index (κ3) is 3.10. The molecule has 76 valence electrons. The van der Waals surface area contributed by atoms with Crippen LogP contribution in [0.15, 0.2) is 18.2 Å². The smallest absolute Gasteiger partial charge is 0.230 e. The summed E-state index contributed by atoms with van der Waals surface area (Å²) in [6, 6.07) is 4.80. The summed E-state index contributed by atoms with van der Waals surface area (Å²) in [5, 5.41) is 2.97. The molecule has 1 aromatic carbocycles. The Morgan fingerprint density at radius 2 is 2.29 bits per heavy atom. The minimum absolute atomic E-state index is 0.0769. The highest BCUT2D eigenvalue weighted by Crippen LogP contribution is 2.08. The second kappa shape index (κ2) is 5.10. The van der Waals surface area contributed by atoms with E-state index in [0.29, 0.717) is 12.1 Å². The normalized spacial score (nSPS) is 9.93. The SMILES string of the molecule is Cc1cc(CNC(=O)CBr)ccc1F. The monoisotopic (exact) mass is 259 g/mol. The van der Waals surface area contributed by atoms with Crippen LogP contribution < -0.4 is 5.32 Å². The number of benzene rings is 1. The van der Waals surface area contributed by atoms with Crippen LogP contribution in [0.3, 0.4) is 0 Å². The fraction of sp³-hybridized carbons (Fsp3) is 0.300. The number of carbonyl (C=O) groups is 1. The molecule has 0 aliphatic heterocycles. The average Bonchev–Trinajstić information content (AvgIpc) is 2.19. The number of carbonyl (C=O) groups excluding carboxylic acids is 1. The Morgan fingerprint density at radius 3 is 2.86 bits per heavy atom. The van der Waals surface area contributed by atoms with E-state index in [2.05, 4.69) is 21.2 Å². The fourth-order valence-electron chi connectivity index (χ4n) is 1.06. The van der Waals surface area contributed by atoms with Crippen LogP contribution >= 0.6 is 15.9 Å². The summed E-state index contributed by atoms with van der Waals surface area (Å²) in [6.07, 6.45) is 0. The topological polar surface area (TPSA) is 29.1 Å². The third-order valence-electron chi connectivity index (χ3n) is 1.83. The van der Waals surface area contributed by atoms with Crippen LogP contribution in [0.5, 0.6) is 0 Å². The summed E-state index contributed by atoms with van der Waals surface area (Å²) >= 11 is 3.04. The lowest BCUT2D eigenvalue weighted by Crippen LogP contribution is -2.23. The molecule has 0 aromatic heterocycles. The first-order chi connectivity index (χ1) is 6.63. The van der Waals surface area contributed by atoms with Crippen LogP contribution in [0.25, 0.3) is 0 Å². The number of alkyl halides is 1. The standard InChI is InChI=1S/C10H11BrFNO/c1-7-4-8(2-3-9(7)12)6-13-10(14)5-11/h2-4H,5-6H2,1H3,(H,13,14). The van der Waals surface area contributed by atoms with E-state index in [-0.39, 0.29) is 17.1 Å². The predicted molar refractivity (Wildman–Crippen MR) is 56.8 cm³/mol. The largest absolute Gasteiger partial charge is 0.351 e. The Bertz CT molecular complexity index is 341. The zero-order valence-corrected chi connectivity index (χ0v) is 9.40. The van der Waals surface area contributed by atoms with Crippen LogP contribution in [0, 0.1) is 12.7 Å². The lowest BCUT2D eigenvalue weighted by Gasteiger charge is -2.04. The maximum atomic E-state index is 12.9. The summed E-state index contributed by atoms with van der Waals surface area (Å²) < 4.78 is 12.9. The summed E-state index contributed by atoms with van der Waals surface area (Å²) in [4.78, 5) is 10.9. The zero-order chi connectivity index (χ0) is 10.6. The van der Waals surface area contributed by atoms with Crippen LogP contribution in [-0.4, -0.2) is 11.2 Å². The molecule has 1 aromatic rings. The van der Waals surface area contributed by atoms with Crippen molar-refractivity contribution in [2.45, 2.75) is 13.5 Å². The molecule has 0 aliphatic carbocycles. The van der Waals surface area contributed by atoms with E-state index in [4.69, 9.17) is 0 Å². The van der Waals surface area contributed by atoms with Crippen LogP contribution in [0.2, 0.25) is 0 Å². The van der Waals surface area contributed by atoms with Crippen molar-refractivity contribution in [2.75, 3.05) is 5.33 Å². The summed E-state index contributed by atoms with van der Waals surface area (Å²) in [6.45, 7) is 2.14. The van der Waals surface area contributed by atoms with Gasteiger partial charge in [0.1, 0.15) is 5.82 Å². The Hall–Kier alpha value is -0.900. The zero-order valence-electron chi connectivity index (χ0n) is 7.81. The number of hydrogen-bond acceptors (Lipinski definition) is 1. The summed E-state index contributed by atoms with van der Waals surface area (Å²) in [5.74, 6) is -0.299. The summed E-state index contributed by atoms with van der Waals surface area (Å²) in [5.41, 5.74) is 1.49. The van der Waals surface area contributed by atoms with Crippen molar-refractivity contribution < 1.29 is 9.18 Å². The van der Waals surface area contributed by atoms with E-state index in [1.54, 1.807) is 19.1 Å². The van der Waals surface area contributed by atoms with E-state index in [9.17, 15) is 9.18 Å². The molecule has 0 atom stereocenters. The number of amides is 1. The van der Waals surface area contributed by atoms with Crippen molar-refractivity contribution in [3.05, 3.63) is 35.1 Å². The average molecular weight is 260 g/mol. The highest BCUT2D eigenvalue weighted by Gasteiger charge is 2.01. The third-order valence-corrected chi connectivity index (χ3v) is 2.34. The van der Waals surface area contributed by atoms with Gasteiger partial charge >= 0.3 is 0 Å². The molecule has 0 unspecified atom stereocenters. The molecule has 4 heteroatoms. The minimum atomic E-state index is -0.222. The number of rotatable bonds is 3. The van der Waals surface area contributed by atoms with Gasteiger partial charge in [0.25, 0.3) is 0 Å². The first-order valence-electron chi connectivity index (χ1n) is 4.21. The predicted octanol–water partition coefficient (Wildman–Crippen LogP) is 2.15. The Labute approximate surface area is 90.6 Å². The van der Waals surface area contributed by atoms with Crippen LogP contribution in [-0.2, 0) is 11.3 Å². The van der Waals surface area contributed by atoms with Gasteiger partial charge in [-0.05, 0) is 24.1 Å². The Balaban J connectivity index is 2.60. The van der Waals surface area contributed by atoms with Crippen molar-refractivity contribution in [3.8, 4) is 0 Å². The van der Waals surface area contributed by atoms with Crippen molar-refractivity contribution in [1.29, 1.82) is 0 Å². The molecular weight excluding hydrogens is 249 g/mol. The van der Waals surface area contributed by atoms with Crippen molar-refractivity contribution in [2.24, 2.45) is 0 Å². The van der Waals surface area contributed by atoms with Gasteiger partial charge in [0.05, 0.1) is 5.33 Å². The first kappa shape index (κ1) is 11.2. The molecule has 1 N–H and O–H groups in total. The van der Waals surface area contributed by atoms with E-state index in [1.807, 2.05) is 0 Å². The minimum Gasteiger partial charge on any atom is -0.351 e. The maximum absolute atomic E-state index is 12.9. The first-order valence-corrected chi connectivity index (χ1v) is 5.33. The van der Waals surface area contributed by atoms with Gasteiger partial charge in [0.2, 0.25) is 5.91 Å². The van der Waals surface area contributed by atoms with E-state index >= 15 is 0 Å². The molecule has 0 fully saturated rings. The highest BCUT2D eigenvalue weighted by molar-refractivity contribution is 9.09. The number of halogens is 2. The molecule has 14 heavy (non-hydrogen) atoms. The quantitative estimate of drug-likeness (QED) is 0.829. The molecule has 0 bridgehead atoms. The molecule has 0 saturated heterocycles. The lowest BCUT2D eigenvalue weighted by molar-refractivity contribution is -0.118. The van der Waals surface area contributed by atoms with Gasteiger partial charge < -0.3 is 5.32 Å².